The van der Waals surface area contributed by atoms with Crippen molar-refractivity contribution in [1.29, 1.82) is 0 Å². The van der Waals surface area contributed by atoms with Crippen molar-refractivity contribution in [2.24, 2.45) is 0 Å². The number of likely N-dealkylation sites (tertiary alicyclic amines) is 1. The van der Waals surface area contributed by atoms with Crippen LogP contribution in [0.2, 0.25) is 0 Å². The highest BCUT2D eigenvalue weighted by molar-refractivity contribution is 5.97. The van der Waals surface area contributed by atoms with Gasteiger partial charge in [-0.25, -0.2) is 13.6 Å². The first-order valence-electron chi connectivity index (χ1n) is 5.74. The molecule has 2 N–H and O–H groups in total. The number of nitrogens with zero attached hydrogens (tertiary/aromatic N) is 1. The molecule has 20 heavy (non-hydrogen) atoms. The van der Waals surface area contributed by atoms with Gasteiger partial charge in [0.1, 0.15) is 6.04 Å². The predicted octanol–water partition coefficient (Wildman–Crippen LogP) is 1.50. The molecule has 0 saturated carbocycles. The first kappa shape index (κ1) is 14.2. The van der Waals surface area contributed by atoms with Crippen molar-refractivity contribution in [1.82, 2.24) is 4.90 Å². The molecular weight excluding hydrogens is 279 g/mol. The van der Waals surface area contributed by atoms with E-state index in [9.17, 15) is 22.8 Å². The van der Waals surface area contributed by atoms with Crippen molar-refractivity contribution in [3.63, 3.8) is 0 Å². The normalized spacial score (nSPS) is 18.4. The SMILES string of the molecule is O=C(O)C1CCCN1C(=O)c1cc(F)c(F)c(O)c1F. The maximum atomic E-state index is 13.6. The minimum Gasteiger partial charge on any atom is -0.503 e. The van der Waals surface area contributed by atoms with E-state index in [-0.39, 0.29) is 13.0 Å². The number of aromatic hydroxyl groups is 1. The third-order valence-corrected chi connectivity index (χ3v) is 3.16. The zero-order valence-corrected chi connectivity index (χ0v) is 10.1. The lowest BCUT2D eigenvalue weighted by Gasteiger charge is -2.21. The van der Waals surface area contributed by atoms with E-state index in [1.165, 1.54) is 0 Å². The largest absolute Gasteiger partial charge is 0.503 e. The van der Waals surface area contributed by atoms with Crippen molar-refractivity contribution in [2.45, 2.75) is 18.9 Å². The summed E-state index contributed by atoms with van der Waals surface area (Å²) in [6.07, 6.45) is 0.596. The Morgan fingerprint density at radius 1 is 1.25 bits per heavy atom. The fraction of sp³-hybridized carbons (Fsp3) is 0.333. The zero-order chi connectivity index (χ0) is 15.0. The number of carboxylic acid groups (broad SMARTS) is 1. The van der Waals surface area contributed by atoms with E-state index in [2.05, 4.69) is 0 Å². The fourth-order valence-electron chi connectivity index (χ4n) is 2.17. The van der Waals surface area contributed by atoms with Crippen LogP contribution in [-0.2, 0) is 4.79 Å². The van der Waals surface area contributed by atoms with E-state index in [0.29, 0.717) is 12.5 Å². The van der Waals surface area contributed by atoms with E-state index in [1.807, 2.05) is 0 Å². The topological polar surface area (TPSA) is 77.8 Å². The summed E-state index contributed by atoms with van der Waals surface area (Å²) in [6, 6.07) is -0.832. The summed E-state index contributed by atoms with van der Waals surface area (Å²) in [4.78, 5) is 23.8. The summed E-state index contributed by atoms with van der Waals surface area (Å²) in [7, 11) is 0. The quantitative estimate of drug-likeness (QED) is 0.809. The number of phenols is 1. The van der Waals surface area contributed by atoms with Gasteiger partial charge in [-0.15, -0.1) is 0 Å². The van der Waals surface area contributed by atoms with Crippen molar-refractivity contribution >= 4 is 11.9 Å². The second kappa shape index (κ2) is 5.03. The van der Waals surface area contributed by atoms with E-state index >= 15 is 0 Å². The van der Waals surface area contributed by atoms with Gasteiger partial charge in [-0.2, -0.15) is 4.39 Å². The lowest BCUT2D eigenvalue weighted by atomic mass is 10.1. The molecule has 0 aromatic heterocycles. The molecule has 2 rings (SSSR count). The summed E-state index contributed by atoms with van der Waals surface area (Å²) in [5, 5.41) is 18.0. The molecule has 0 radical (unpaired) electrons. The fourth-order valence-corrected chi connectivity index (χ4v) is 2.17. The Kier molecular flexibility index (Phi) is 3.56. The number of hydrogen-bond acceptors (Lipinski definition) is 3. The Balaban J connectivity index is 2.42. The van der Waals surface area contributed by atoms with Gasteiger partial charge in [-0.05, 0) is 18.9 Å². The van der Waals surface area contributed by atoms with Crippen LogP contribution < -0.4 is 0 Å². The number of carbonyl (C=O) groups excluding carboxylic acids is 1. The zero-order valence-electron chi connectivity index (χ0n) is 10.1. The van der Waals surface area contributed by atoms with Crippen molar-refractivity contribution < 1.29 is 33.0 Å². The molecule has 1 heterocycles. The molecular formula is C12H10F3NO4. The molecule has 8 heteroatoms. The second-order valence-electron chi connectivity index (χ2n) is 4.38. The molecule has 1 saturated heterocycles. The summed E-state index contributed by atoms with van der Waals surface area (Å²) in [6.45, 7) is 0.0645. The van der Waals surface area contributed by atoms with Gasteiger partial charge in [0, 0.05) is 6.54 Å². The molecule has 1 atom stereocenters. The van der Waals surface area contributed by atoms with Crippen LogP contribution in [0.15, 0.2) is 6.07 Å². The number of phenolic OH excluding ortho intramolecular Hbond substituents is 1. The molecule has 1 aliphatic heterocycles. The number of aliphatic carboxylic acids is 1. The van der Waals surface area contributed by atoms with Gasteiger partial charge in [0.15, 0.2) is 17.4 Å². The maximum absolute atomic E-state index is 13.6. The lowest BCUT2D eigenvalue weighted by Crippen LogP contribution is -2.40. The van der Waals surface area contributed by atoms with Crippen LogP contribution in [0.4, 0.5) is 13.2 Å². The summed E-state index contributed by atoms with van der Waals surface area (Å²) in [5.74, 6) is -8.94. The van der Waals surface area contributed by atoms with Crippen LogP contribution in [0, 0.1) is 17.5 Å². The van der Waals surface area contributed by atoms with E-state index in [4.69, 9.17) is 10.2 Å². The van der Waals surface area contributed by atoms with Crippen LogP contribution in [0.5, 0.6) is 5.75 Å². The minimum atomic E-state index is -1.80. The third-order valence-electron chi connectivity index (χ3n) is 3.16. The molecule has 1 amide bonds. The maximum Gasteiger partial charge on any atom is 0.326 e. The van der Waals surface area contributed by atoms with Crippen LogP contribution in [0.1, 0.15) is 23.2 Å². The molecule has 5 nitrogen and oxygen atoms in total. The highest BCUT2D eigenvalue weighted by atomic mass is 19.2. The molecule has 1 fully saturated rings. The molecule has 1 aromatic carbocycles. The van der Waals surface area contributed by atoms with E-state index in [1.54, 1.807) is 0 Å². The van der Waals surface area contributed by atoms with Gasteiger partial charge in [0.2, 0.25) is 5.82 Å². The first-order valence-corrected chi connectivity index (χ1v) is 5.74. The number of halogens is 3. The Morgan fingerprint density at radius 3 is 2.50 bits per heavy atom. The van der Waals surface area contributed by atoms with Crippen molar-refractivity contribution in [2.75, 3.05) is 6.54 Å². The monoisotopic (exact) mass is 289 g/mol. The first-order chi connectivity index (χ1) is 9.34. The Labute approximate surface area is 111 Å². The standard InChI is InChI=1S/C12H10F3NO4/c13-6-4-5(8(14)10(17)9(6)15)11(18)16-3-1-2-7(16)12(19)20/h4,7,17H,1-3H2,(H,19,20). The van der Waals surface area contributed by atoms with Crippen LogP contribution in [-0.4, -0.2) is 39.6 Å². The van der Waals surface area contributed by atoms with Gasteiger partial charge in [-0.3, -0.25) is 4.79 Å². The highest BCUT2D eigenvalue weighted by Crippen LogP contribution is 2.28. The molecule has 0 bridgehead atoms. The van der Waals surface area contributed by atoms with Crippen molar-refractivity contribution in [3.05, 3.63) is 29.1 Å². The van der Waals surface area contributed by atoms with Gasteiger partial charge >= 0.3 is 5.97 Å². The van der Waals surface area contributed by atoms with Gasteiger partial charge < -0.3 is 15.1 Å². The molecule has 0 aliphatic carbocycles. The third kappa shape index (κ3) is 2.17. The van der Waals surface area contributed by atoms with E-state index in [0.717, 1.165) is 4.90 Å². The number of carboxylic acids is 1. The number of carbonyl (C=O) groups is 2. The summed E-state index contributed by atoms with van der Waals surface area (Å²) >= 11 is 0. The van der Waals surface area contributed by atoms with Crippen LogP contribution in [0.3, 0.4) is 0 Å². The number of amides is 1. The Hall–Kier alpha value is -2.25. The summed E-state index contributed by atoms with van der Waals surface area (Å²) < 4.78 is 39.7. The van der Waals surface area contributed by atoms with Gasteiger partial charge in [0.25, 0.3) is 5.91 Å². The van der Waals surface area contributed by atoms with Crippen LogP contribution >= 0.6 is 0 Å². The Bertz CT molecular complexity index is 591. The highest BCUT2D eigenvalue weighted by Gasteiger charge is 2.36. The number of benzene rings is 1. The Morgan fingerprint density at radius 2 is 1.90 bits per heavy atom. The van der Waals surface area contributed by atoms with Gasteiger partial charge in [-0.1, -0.05) is 0 Å². The van der Waals surface area contributed by atoms with Crippen LogP contribution in [0.25, 0.3) is 0 Å². The smallest absolute Gasteiger partial charge is 0.326 e. The minimum absolute atomic E-state index is 0.0645. The number of hydrogen-bond donors (Lipinski definition) is 2. The van der Waals surface area contributed by atoms with E-state index < -0.39 is 46.7 Å². The second-order valence-corrected chi connectivity index (χ2v) is 4.38. The predicted molar refractivity (Wildman–Crippen MR) is 59.7 cm³/mol. The molecule has 1 aliphatic rings. The van der Waals surface area contributed by atoms with Gasteiger partial charge in [0.05, 0.1) is 5.56 Å². The average Bonchev–Trinajstić information content (AvgIpc) is 2.89. The number of rotatable bonds is 2. The summed E-state index contributed by atoms with van der Waals surface area (Å²) in [5.41, 5.74) is -0.894. The molecule has 1 unspecified atom stereocenters. The molecule has 108 valence electrons. The average molecular weight is 289 g/mol. The molecule has 1 aromatic rings. The van der Waals surface area contributed by atoms with Crippen molar-refractivity contribution in [3.8, 4) is 5.75 Å². The lowest BCUT2D eigenvalue weighted by molar-refractivity contribution is -0.141. The molecule has 0 spiro atoms.